The van der Waals surface area contributed by atoms with E-state index in [4.69, 9.17) is 7.85 Å². The Bertz CT molecular complexity index is 1270. The van der Waals surface area contributed by atoms with Crippen LogP contribution in [0.25, 0.3) is 33.2 Å². The molecule has 3 aliphatic carbocycles. The molecule has 6 rings (SSSR count). The van der Waals surface area contributed by atoms with Crippen molar-refractivity contribution in [2.24, 2.45) is 5.92 Å². The Morgan fingerprint density at radius 3 is 2.36 bits per heavy atom. The molecule has 0 aromatic heterocycles. The lowest BCUT2D eigenvalue weighted by Gasteiger charge is -2.15. The smallest absolute Gasteiger partial charge is 0.106 e. The maximum atomic E-state index is 6.51. The molecule has 1 saturated carbocycles. The van der Waals surface area contributed by atoms with Gasteiger partial charge in [0, 0.05) is 23.5 Å². The molecule has 1 heteroatoms. The summed E-state index contributed by atoms with van der Waals surface area (Å²) in [5.74, 6) is 7.05. The van der Waals surface area contributed by atoms with Gasteiger partial charge in [0.05, 0.1) is 0 Å². The summed E-state index contributed by atoms with van der Waals surface area (Å²) < 4.78 is 0. The molecule has 112 valence electrons. The van der Waals surface area contributed by atoms with Gasteiger partial charge >= 0.3 is 0 Å². The van der Waals surface area contributed by atoms with Crippen molar-refractivity contribution in [3.63, 3.8) is 0 Å². The fourth-order valence-corrected chi connectivity index (χ4v) is 4.50. The molecule has 0 saturated heterocycles. The van der Waals surface area contributed by atoms with Gasteiger partial charge in [-0.1, -0.05) is 72.5 Å². The van der Waals surface area contributed by atoms with Crippen LogP contribution in [0.4, 0.5) is 0 Å². The highest BCUT2D eigenvalue weighted by Crippen LogP contribution is 2.57. The number of allylic oxidation sites excluding steroid dienone is 5. The van der Waals surface area contributed by atoms with Crippen molar-refractivity contribution < 1.29 is 0 Å². The lowest BCUT2D eigenvalue weighted by molar-refractivity contribution is 1.22. The normalized spacial score (nSPS) is 19.9. The number of rotatable bonds is 0. The zero-order chi connectivity index (χ0) is 16.5. The maximum absolute atomic E-state index is 6.51. The van der Waals surface area contributed by atoms with Crippen LogP contribution in [0.15, 0.2) is 71.2 Å². The van der Waals surface area contributed by atoms with E-state index >= 15 is 0 Å². The van der Waals surface area contributed by atoms with Crippen LogP contribution in [0, 0.1) is 17.8 Å². The number of hydrogen-bond donors (Lipinski definition) is 0. The van der Waals surface area contributed by atoms with E-state index in [0.717, 1.165) is 11.9 Å². The van der Waals surface area contributed by atoms with E-state index in [9.17, 15) is 0 Å². The van der Waals surface area contributed by atoms with Crippen LogP contribution in [-0.4, -0.2) is 7.85 Å². The van der Waals surface area contributed by atoms with E-state index in [-0.39, 0.29) is 5.92 Å². The monoisotopic (exact) mass is 312 g/mol. The highest BCUT2D eigenvalue weighted by Gasteiger charge is 2.43. The maximum Gasteiger partial charge on any atom is 0.109 e. The second kappa shape index (κ2) is 4.55. The first-order valence-electron chi connectivity index (χ1n) is 8.69. The minimum atomic E-state index is 0.273. The minimum absolute atomic E-state index is 0.273. The highest BCUT2D eigenvalue weighted by atomic mass is 14.4. The fourth-order valence-electron chi connectivity index (χ4n) is 4.50. The molecule has 1 atom stereocenters. The Morgan fingerprint density at radius 1 is 0.880 bits per heavy atom. The third kappa shape index (κ3) is 1.64. The minimum Gasteiger partial charge on any atom is -0.106 e. The highest BCUT2D eigenvalue weighted by molar-refractivity contribution is 6.29. The molecule has 0 nitrogen and oxygen atoms in total. The summed E-state index contributed by atoms with van der Waals surface area (Å²) >= 11 is 0. The van der Waals surface area contributed by atoms with Crippen molar-refractivity contribution in [2.45, 2.75) is 6.42 Å². The Morgan fingerprint density at radius 2 is 1.56 bits per heavy atom. The van der Waals surface area contributed by atoms with Crippen LogP contribution in [0.2, 0.25) is 0 Å². The van der Waals surface area contributed by atoms with Gasteiger partial charge in [0.15, 0.2) is 0 Å². The summed E-state index contributed by atoms with van der Waals surface area (Å²) in [6.45, 7) is 0. The first-order valence-corrected chi connectivity index (χ1v) is 8.69. The second-order valence-electron chi connectivity index (χ2n) is 6.91. The number of hydrogen-bond acceptors (Lipinski definition) is 0. The van der Waals surface area contributed by atoms with Crippen molar-refractivity contribution >= 4 is 41.0 Å². The molecule has 0 bridgehead atoms. The molecule has 0 unspecified atom stereocenters. The summed E-state index contributed by atoms with van der Waals surface area (Å²) in [4.78, 5) is 0. The molecule has 3 aromatic carbocycles. The van der Waals surface area contributed by atoms with Crippen LogP contribution in [0.3, 0.4) is 0 Å². The fraction of sp³-hybridized carbons (Fsp3) is 0.0833. The molecule has 0 aliphatic heterocycles. The Labute approximate surface area is 148 Å². The van der Waals surface area contributed by atoms with Gasteiger partial charge in [-0.05, 0) is 38.3 Å². The van der Waals surface area contributed by atoms with Crippen molar-refractivity contribution in [3.8, 4) is 11.8 Å². The summed E-state index contributed by atoms with van der Waals surface area (Å²) in [5.41, 5.74) is 7.32. The zero-order valence-corrected chi connectivity index (χ0v) is 13.6. The predicted molar refractivity (Wildman–Crippen MR) is 106 cm³/mol. The van der Waals surface area contributed by atoms with E-state index in [1.54, 1.807) is 0 Å². The van der Waals surface area contributed by atoms with Gasteiger partial charge in [-0.2, -0.15) is 0 Å². The lowest BCUT2D eigenvalue weighted by Crippen LogP contribution is -1.93. The number of benzene rings is 3. The summed E-state index contributed by atoms with van der Waals surface area (Å²) in [5, 5.41) is 5.09. The average molecular weight is 312 g/mol. The summed E-state index contributed by atoms with van der Waals surface area (Å²) in [7, 11) is 6.51. The Kier molecular flexibility index (Phi) is 2.43. The van der Waals surface area contributed by atoms with E-state index in [0.29, 0.717) is 0 Å². The van der Waals surface area contributed by atoms with Gasteiger partial charge in [-0.3, -0.25) is 0 Å². The topological polar surface area (TPSA) is 0 Å². The molecule has 0 amide bonds. The van der Waals surface area contributed by atoms with Crippen molar-refractivity contribution in [2.75, 3.05) is 0 Å². The SMILES string of the molecule is [B]C1=Cc2c(c3ccccc3c3ccccc23)C2=C3C(=CCC#C2)[C@@H]13. The molecule has 1 fully saturated rings. The van der Waals surface area contributed by atoms with Gasteiger partial charge in [0.1, 0.15) is 7.85 Å². The van der Waals surface area contributed by atoms with Crippen molar-refractivity contribution in [1.29, 1.82) is 0 Å². The largest absolute Gasteiger partial charge is 0.109 e. The van der Waals surface area contributed by atoms with Crippen molar-refractivity contribution in [3.05, 3.63) is 82.4 Å². The van der Waals surface area contributed by atoms with Crippen molar-refractivity contribution in [1.82, 2.24) is 0 Å². The average Bonchev–Trinajstić information content (AvgIpc) is 3.40. The van der Waals surface area contributed by atoms with Gasteiger partial charge in [-0.25, -0.2) is 0 Å². The second-order valence-corrected chi connectivity index (χ2v) is 6.91. The molecule has 0 heterocycles. The lowest BCUT2D eigenvalue weighted by atomic mass is 9.85. The molecule has 0 spiro atoms. The molecule has 0 N–H and O–H groups in total. The molecular formula is C24H13B. The number of fused-ring (bicyclic) bond motifs is 8. The molecule has 25 heavy (non-hydrogen) atoms. The third-order valence-corrected chi connectivity index (χ3v) is 5.60. The Balaban J connectivity index is 1.91. The molecule has 3 aromatic rings. The van der Waals surface area contributed by atoms with E-state index < -0.39 is 0 Å². The Hall–Kier alpha value is -2.98. The summed E-state index contributed by atoms with van der Waals surface area (Å²) in [6, 6.07) is 17.3. The van der Waals surface area contributed by atoms with Crippen LogP contribution in [0.1, 0.15) is 17.5 Å². The van der Waals surface area contributed by atoms with Gasteiger partial charge < -0.3 is 0 Å². The van der Waals surface area contributed by atoms with Gasteiger partial charge in [0.25, 0.3) is 0 Å². The van der Waals surface area contributed by atoms with E-state index in [1.165, 1.54) is 49.4 Å². The summed E-state index contributed by atoms with van der Waals surface area (Å²) in [6.07, 6.45) is 5.25. The molecule has 3 aliphatic rings. The third-order valence-electron chi connectivity index (χ3n) is 5.60. The quantitative estimate of drug-likeness (QED) is 0.303. The first kappa shape index (κ1) is 13.3. The van der Waals surface area contributed by atoms with Crippen LogP contribution in [0.5, 0.6) is 0 Å². The molecule has 2 radical (unpaired) electrons. The van der Waals surface area contributed by atoms with E-state index in [1.807, 2.05) is 0 Å². The van der Waals surface area contributed by atoms with Gasteiger partial charge in [0.2, 0.25) is 0 Å². The zero-order valence-electron chi connectivity index (χ0n) is 13.6. The standard InChI is InChI=1S/C24H13B/c25-21-13-20-16-9-2-1-7-14(16)15-8-3-4-10-17(15)22(20)18-11-5-6-12-19-23(18)24(19)21/h1-4,7-10,12-13,24H,6H2/t24-/m0/s1. The van der Waals surface area contributed by atoms with E-state index in [2.05, 4.69) is 72.5 Å². The van der Waals surface area contributed by atoms with Crippen LogP contribution < -0.4 is 0 Å². The van der Waals surface area contributed by atoms with Crippen LogP contribution >= 0.6 is 0 Å². The predicted octanol–water partition coefficient (Wildman–Crippen LogP) is 5.23. The van der Waals surface area contributed by atoms with Gasteiger partial charge in [-0.15, -0.1) is 5.47 Å². The first-order chi connectivity index (χ1) is 12.3. The molecular weight excluding hydrogens is 299 g/mol. The van der Waals surface area contributed by atoms with Crippen LogP contribution in [-0.2, 0) is 0 Å².